The van der Waals surface area contributed by atoms with Crippen LogP contribution in [-0.2, 0) is 0 Å². The highest BCUT2D eigenvalue weighted by Crippen LogP contribution is 2.33. The second kappa shape index (κ2) is 7.29. The van der Waals surface area contributed by atoms with Crippen molar-refractivity contribution in [2.24, 2.45) is 0 Å². The molecule has 124 valence electrons. The predicted molar refractivity (Wildman–Crippen MR) is 94.8 cm³/mol. The van der Waals surface area contributed by atoms with Crippen LogP contribution in [0, 0.1) is 6.92 Å². The molecule has 6 heteroatoms. The number of nitrogens with zero attached hydrogens (tertiary/aromatic N) is 1. The molecule has 2 N–H and O–H groups in total. The van der Waals surface area contributed by atoms with Crippen LogP contribution < -0.4 is 15.4 Å². The molecule has 23 heavy (non-hydrogen) atoms. The van der Waals surface area contributed by atoms with Crippen molar-refractivity contribution in [2.45, 2.75) is 6.92 Å². The van der Waals surface area contributed by atoms with Gasteiger partial charge in [-0.1, -0.05) is 0 Å². The largest absolute Gasteiger partial charge is 0.497 e. The minimum atomic E-state index is 0.0257. The number of rotatable bonds is 5. The van der Waals surface area contributed by atoms with Crippen LogP contribution in [0.4, 0.5) is 0 Å². The van der Waals surface area contributed by atoms with Gasteiger partial charge in [0.1, 0.15) is 5.75 Å². The summed E-state index contributed by atoms with van der Waals surface area (Å²) in [4.78, 5) is 15.6. The first-order valence-electron chi connectivity index (χ1n) is 7.97. The highest BCUT2D eigenvalue weighted by Gasteiger charge is 2.16. The van der Waals surface area contributed by atoms with E-state index in [1.165, 1.54) is 0 Å². The van der Waals surface area contributed by atoms with Gasteiger partial charge in [-0.25, -0.2) is 0 Å². The number of amides is 1. The van der Waals surface area contributed by atoms with Crippen molar-refractivity contribution in [1.82, 2.24) is 15.5 Å². The number of nitrogens with one attached hydrogen (secondary N) is 2. The lowest BCUT2D eigenvalue weighted by molar-refractivity contribution is 0.0951. The Hall–Kier alpha value is -1.63. The molecule has 1 amide bonds. The topological polar surface area (TPSA) is 53.6 Å². The fraction of sp³-hybridized carbons (Fsp3) is 0.471. The Kier molecular flexibility index (Phi) is 5.15. The van der Waals surface area contributed by atoms with E-state index in [-0.39, 0.29) is 5.91 Å². The van der Waals surface area contributed by atoms with Crippen molar-refractivity contribution in [3.05, 3.63) is 28.6 Å². The maximum atomic E-state index is 12.5. The first-order chi connectivity index (χ1) is 11.2. The zero-order chi connectivity index (χ0) is 16.2. The molecule has 0 saturated carbocycles. The maximum absolute atomic E-state index is 12.5. The molecule has 5 nitrogen and oxygen atoms in total. The number of ether oxygens (including phenoxy) is 1. The minimum Gasteiger partial charge on any atom is -0.497 e. The van der Waals surface area contributed by atoms with Crippen molar-refractivity contribution in [3.8, 4) is 5.75 Å². The third-order valence-electron chi connectivity index (χ3n) is 4.27. The first kappa shape index (κ1) is 16.2. The van der Waals surface area contributed by atoms with E-state index in [0.717, 1.165) is 59.0 Å². The van der Waals surface area contributed by atoms with Gasteiger partial charge in [-0.3, -0.25) is 9.69 Å². The fourth-order valence-corrected chi connectivity index (χ4v) is 3.99. The average molecular weight is 333 g/mol. The maximum Gasteiger partial charge on any atom is 0.261 e. The normalized spacial score (nSPS) is 15.7. The number of thiophene rings is 1. The summed E-state index contributed by atoms with van der Waals surface area (Å²) in [6.45, 7) is 7.77. The van der Waals surface area contributed by atoms with Crippen LogP contribution in [0.2, 0.25) is 0 Å². The van der Waals surface area contributed by atoms with E-state index in [1.54, 1.807) is 18.4 Å². The predicted octanol–water partition coefficient (Wildman–Crippen LogP) is 1.85. The number of methoxy groups -OCH3 is 1. The third kappa shape index (κ3) is 3.65. The lowest BCUT2D eigenvalue weighted by Gasteiger charge is -2.27. The Morgan fingerprint density at radius 2 is 2.17 bits per heavy atom. The van der Waals surface area contributed by atoms with E-state index < -0.39 is 0 Å². The summed E-state index contributed by atoms with van der Waals surface area (Å²) in [7, 11) is 1.66. The molecule has 1 saturated heterocycles. The second-order valence-electron chi connectivity index (χ2n) is 5.77. The number of aryl methyl sites for hydroxylation is 1. The number of hydrogen-bond acceptors (Lipinski definition) is 5. The molecule has 0 bridgehead atoms. The molecule has 1 fully saturated rings. The minimum absolute atomic E-state index is 0.0257. The lowest BCUT2D eigenvalue weighted by Crippen LogP contribution is -2.46. The number of hydrogen-bond donors (Lipinski definition) is 2. The summed E-state index contributed by atoms with van der Waals surface area (Å²) in [5.74, 6) is 0.849. The van der Waals surface area contributed by atoms with E-state index in [0.29, 0.717) is 6.54 Å². The third-order valence-corrected chi connectivity index (χ3v) is 5.54. The van der Waals surface area contributed by atoms with Crippen LogP contribution in [0.15, 0.2) is 18.2 Å². The zero-order valence-corrected chi connectivity index (χ0v) is 14.5. The molecule has 0 spiro atoms. The van der Waals surface area contributed by atoms with Gasteiger partial charge < -0.3 is 15.4 Å². The first-order valence-corrected chi connectivity index (χ1v) is 8.79. The molecule has 0 unspecified atom stereocenters. The molecule has 1 aliphatic heterocycles. The van der Waals surface area contributed by atoms with Crippen LogP contribution in [0.3, 0.4) is 0 Å². The number of benzene rings is 1. The molecule has 2 aromatic rings. The smallest absolute Gasteiger partial charge is 0.261 e. The Morgan fingerprint density at radius 3 is 2.91 bits per heavy atom. The fourth-order valence-electron chi connectivity index (χ4n) is 2.89. The van der Waals surface area contributed by atoms with Gasteiger partial charge in [-0.15, -0.1) is 11.3 Å². The molecule has 2 heterocycles. The molecule has 3 rings (SSSR count). The SMILES string of the molecule is COc1ccc2sc(C(=O)NCCN3CCNCC3)c(C)c2c1. The van der Waals surface area contributed by atoms with Crippen LogP contribution in [0.25, 0.3) is 10.1 Å². The monoisotopic (exact) mass is 333 g/mol. The Balaban J connectivity index is 1.64. The Labute approximate surface area is 140 Å². The zero-order valence-electron chi connectivity index (χ0n) is 13.6. The second-order valence-corrected chi connectivity index (χ2v) is 6.82. The molecule has 1 aromatic heterocycles. The van der Waals surface area contributed by atoms with Gasteiger partial charge in [0.15, 0.2) is 0 Å². The summed E-state index contributed by atoms with van der Waals surface area (Å²) in [5, 5.41) is 7.49. The van der Waals surface area contributed by atoms with Crippen molar-refractivity contribution in [3.63, 3.8) is 0 Å². The van der Waals surface area contributed by atoms with Gasteiger partial charge in [0, 0.05) is 44.0 Å². The summed E-state index contributed by atoms with van der Waals surface area (Å²) < 4.78 is 6.39. The van der Waals surface area contributed by atoms with Crippen LogP contribution in [-0.4, -0.2) is 57.2 Å². The summed E-state index contributed by atoms with van der Waals surface area (Å²) >= 11 is 1.55. The number of carbonyl (C=O) groups is 1. The molecule has 0 aliphatic carbocycles. The molecule has 0 atom stereocenters. The summed E-state index contributed by atoms with van der Waals surface area (Å²) in [5.41, 5.74) is 1.03. The van der Waals surface area contributed by atoms with Crippen molar-refractivity contribution < 1.29 is 9.53 Å². The molecule has 0 radical (unpaired) electrons. The molecule has 1 aliphatic rings. The highest BCUT2D eigenvalue weighted by molar-refractivity contribution is 7.21. The van der Waals surface area contributed by atoms with Crippen LogP contribution in [0.1, 0.15) is 15.2 Å². The number of fused-ring (bicyclic) bond motifs is 1. The van der Waals surface area contributed by atoms with Crippen LogP contribution in [0.5, 0.6) is 5.75 Å². The molecular formula is C17H23N3O2S. The van der Waals surface area contributed by atoms with Crippen molar-refractivity contribution in [1.29, 1.82) is 0 Å². The van der Waals surface area contributed by atoms with Gasteiger partial charge in [0.25, 0.3) is 5.91 Å². The van der Waals surface area contributed by atoms with Crippen molar-refractivity contribution in [2.75, 3.05) is 46.4 Å². The quantitative estimate of drug-likeness (QED) is 0.877. The van der Waals surface area contributed by atoms with Gasteiger partial charge in [0.2, 0.25) is 0 Å². The van der Waals surface area contributed by atoms with E-state index in [9.17, 15) is 4.79 Å². The van der Waals surface area contributed by atoms with E-state index in [1.807, 2.05) is 25.1 Å². The van der Waals surface area contributed by atoms with Gasteiger partial charge in [0.05, 0.1) is 12.0 Å². The summed E-state index contributed by atoms with van der Waals surface area (Å²) in [6.07, 6.45) is 0. The average Bonchev–Trinajstić information content (AvgIpc) is 2.92. The van der Waals surface area contributed by atoms with E-state index in [2.05, 4.69) is 15.5 Å². The van der Waals surface area contributed by atoms with E-state index in [4.69, 9.17) is 4.74 Å². The Morgan fingerprint density at radius 1 is 1.39 bits per heavy atom. The van der Waals surface area contributed by atoms with Crippen molar-refractivity contribution >= 4 is 27.3 Å². The molecular weight excluding hydrogens is 310 g/mol. The Bertz CT molecular complexity index is 692. The number of carbonyl (C=O) groups excluding carboxylic acids is 1. The van der Waals surface area contributed by atoms with Gasteiger partial charge in [-0.2, -0.15) is 0 Å². The summed E-state index contributed by atoms with van der Waals surface area (Å²) in [6, 6.07) is 5.95. The van der Waals surface area contributed by atoms with Gasteiger partial charge >= 0.3 is 0 Å². The van der Waals surface area contributed by atoms with E-state index >= 15 is 0 Å². The highest BCUT2D eigenvalue weighted by atomic mass is 32.1. The standard InChI is InChI=1S/C17H23N3O2S/c1-12-14-11-13(22-2)3-4-15(14)23-16(12)17(21)19-7-10-20-8-5-18-6-9-20/h3-4,11,18H,5-10H2,1-2H3,(H,19,21). The molecule has 1 aromatic carbocycles. The van der Waals surface area contributed by atoms with Crippen LogP contribution >= 0.6 is 11.3 Å². The number of piperazine rings is 1. The van der Waals surface area contributed by atoms with Gasteiger partial charge in [-0.05, 0) is 36.1 Å². The lowest BCUT2D eigenvalue weighted by atomic mass is 10.1.